The van der Waals surface area contributed by atoms with E-state index in [0.717, 1.165) is 30.0 Å². The fourth-order valence-electron chi connectivity index (χ4n) is 1.54. The third-order valence-corrected chi connectivity index (χ3v) is 4.06. The summed E-state index contributed by atoms with van der Waals surface area (Å²) in [7, 11) is 0. The largest absolute Gasteiger partial charge is 0.409 e. The lowest BCUT2D eigenvalue weighted by molar-refractivity contribution is 0.296. The van der Waals surface area contributed by atoms with Crippen LogP contribution in [0.2, 0.25) is 5.02 Å². The molecule has 1 aromatic carbocycles. The Labute approximate surface area is 128 Å². The minimum atomic E-state index is 0.0479. The van der Waals surface area contributed by atoms with Crippen LogP contribution in [0.1, 0.15) is 17.5 Å². The summed E-state index contributed by atoms with van der Waals surface area (Å²) in [6.07, 6.45) is 0.839. The Morgan fingerprint density at radius 2 is 2.20 bits per heavy atom. The molecule has 0 saturated carbocycles. The Kier molecular flexibility index (Phi) is 8.45. The number of halogens is 1. The fourth-order valence-corrected chi connectivity index (χ4v) is 2.62. The lowest BCUT2D eigenvalue weighted by atomic mass is 10.1. The Balaban J connectivity index is 2.34. The average Bonchev–Trinajstić information content (AvgIpc) is 2.46. The standard InChI is InChI=1S/C13H20ClN3O2S/c14-12-8-10(13(15)17-19)2-3-11(12)9-16-4-7-20-6-1-5-18/h2-3,8,16,18-19H,1,4-7,9H2,(H2,15,17). The van der Waals surface area contributed by atoms with Crippen molar-refractivity contribution in [1.29, 1.82) is 0 Å². The third kappa shape index (κ3) is 6.00. The molecule has 0 radical (unpaired) electrons. The van der Waals surface area contributed by atoms with Gasteiger partial charge in [-0.2, -0.15) is 11.8 Å². The van der Waals surface area contributed by atoms with Crippen LogP contribution < -0.4 is 11.1 Å². The van der Waals surface area contributed by atoms with Crippen molar-refractivity contribution in [2.75, 3.05) is 24.7 Å². The lowest BCUT2D eigenvalue weighted by Crippen LogP contribution is -2.18. The van der Waals surface area contributed by atoms with E-state index in [4.69, 9.17) is 27.6 Å². The normalized spacial score (nSPS) is 11.8. The molecule has 0 fully saturated rings. The van der Waals surface area contributed by atoms with Crippen molar-refractivity contribution in [3.63, 3.8) is 0 Å². The second kappa shape index (κ2) is 9.88. The second-order valence-electron chi connectivity index (χ2n) is 4.16. The van der Waals surface area contributed by atoms with Crippen molar-refractivity contribution in [3.8, 4) is 0 Å². The summed E-state index contributed by atoms with van der Waals surface area (Å²) < 4.78 is 0. The number of thioether (sulfide) groups is 1. The number of nitrogens with one attached hydrogen (secondary N) is 1. The Morgan fingerprint density at radius 3 is 2.85 bits per heavy atom. The van der Waals surface area contributed by atoms with Crippen LogP contribution in [0.4, 0.5) is 0 Å². The number of nitrogens with zero attached hydrogens (tertiary/aromatic N) is 1. The second-order valence-corrected chi connectivity index (χ2v) is 5.79. The van der Waals surface area contributed by atoms with Gasteiger partial charge in [0.05, 0.1) is 0 Å². The van der Waals surface area contributed by atoms with Gasteiger partial charge in [-0.25, -0.2) is 0 Å². The maximum absolute atomic E-state index is 8.65. The Bertz CT molecular complexity index is 444. The van der Waals surface area contributed by atoms with Crippen LogP contribution in [0, 0.1) is 0 Å². The highest BCUT2D eigenvalue weighted by molar-refractivity contribution is 7.99. The van der Waals surface area contributed by atoms with Crippen molar-refractivity contribution < 1.29 is 10.3 Å². The Hall–Kier alpha value is -0.950. The van der Waals surface area contributed by atoms with Gasteiger partial charge in [0.2, 0.25) is 0 Å². The molecule has 1 aromatic rings. The van der Waals surface area contributed by atoms with Crippen molar-refractivity contribution in [3.05, 3.63) is 34.3 Å². The van der Waals surface area contributed by atoms with E-state index >= 15 is 0 Å². The zero-order chi connectivity index (χ0) is 14.8. The number of aliphatic hydroxyl groups excluding tert-OH is 1. The molecular formula is C13H20ClN3O2S. The van der Waals surface area contributed by atoms with Crippen LogP contribution in [0.5, 0.6) is 0 Å². The molecule has 5 N–H and O–H groups in total. The molecule has 5 nitrogen and oxygen atoms in total. The van der Waals surface area contributed by atoms with Crippen LogP contribution in [-0.2, 0) is 6.54 Å². The number of nitrogens with two attached hydrogens (primary N) is 1. The van der Waals surface area contributed by atoms with Crippen LogP contribution in [0.25, 0.3) is 0 Å². The van der Waals surface area contributed by atoms with E-state index in [1.165, 1.54) is 0 Å². The van der Waals surface area contributed by atoms with Crippen LogP contribution in [0.3, 0.4) is 0 Å². The smallest absolute Gasteiger partial charge is 0.170 e. The predicted octanol–water partition coefficient (Wildman–Crippen LogP) is 1.64. The van der Waals surface area contributed by atoms with Gasteiger partial charge in [-0.05, 0) is 23.8 Å². The fraction of sp³-hybridized carbons (Fsp3) is 0.462. The SMILES string of the molecule is N/C(=N/O)c1ccc(CNCCSCCCO)c(Cl)c1. The van der Waals surface area contributed by atoms with Gasteiger partial charge in [0.15, 0.2) is 5.84 Å². The van der Waals surface area contributed by atoms with Crippen molar-refractivity contribution in [1.82, 2.24) is 5.32 Å². The molecule has 112 valence electrons. The van der Waals surface area contributed by atoms with E-state index in [-0.39, 0.29) is 12.4 Å². The molecule has 0 aromatic heterocycles. The molecule has 0 aliphatic heterocycles. The number of benzene rings is 1. The van der Waals surface area contributed by atoms with Crippen molar-refractivity contribution in [2.45, 2.75) is 13.0 Å². The first-order chi connectivity index (χ1) is 9.69. The van der Waals surface area contributed by atoms with Gasteiger partial charge >= 0.3 is 0 Å². The van der Waals surface area contributed by atoms with E-state index in [0.29, 0.717) is 17.1 Å². The molecule has 0 bridgehead atoms. The number of aliphatic hydroxyl groups is 1. The van der Waals surface area contributed by atoms with Crippen molar-refractivity contribution >= 4 is 29.2 Å². The predicted molar refractivity (Wildman–Crippen MR) is 84.7 cm³/mol. The molecule has 0 spiro atoms. The van der Waals surface area contributed by atoms with Crippen LogP contribution in [-0.4, -0.2) is 40.8 Å². The first-order valence-electron chi connectivity index (χ1n) is 6.34. The molecule has 0 atom stereocenters. The van der Waals surface area contributed by atoms with Gasteiger partial charge < -0.3 is 21.4 Å². The molecular weight excluding hydrogens is 298 g/mol. The van der Waals surface area contributed by atoms with Gasteiger partial charge in [-0.3, -0.25) is 0 Å². The number of hydrogen-bond donors (Lipinski definition) is 4. The summed E-state index contributed by atoms with van der Waals surface area (Å²) in [5, 5.41) is 24.1. The van der Waals surface area contributed by atoms with E-state index in [2.05, 4.69) is 10.5 Å². The minimum absolute atomic E-state index is 0.0479. The van der Waals surface area contributed by atoms with Gasteiger partial charge in [0, 0.05) is 36.0 Å². The zero-order valence-electron chi connectivity index (χ0n) is 11.2. The topological polar surface area (TPSA) is 90.9 Å². The molecule has 1 rings (SSSR count). The Morgan fingerprint density at radius 1 is 1.40 bits per heavy atom. The van der Waals surface area contributed by atoms with Gasteiger partial charge in [0.25, 0.3) is 0 Å². The summed E-state index contributed by atoms with van der Waals surface area (Å²) in [5.41, 5.74) is 7.07. The number of oxime groups is 1. The van der Waals surface area contributed by atoms with E-state index < -0.39 is 0 Å². The molecule has 0 aliphatic rings. The number of hydrogen-bond acceptors (Lipinski definition) is 5. The lowest BCUT2D eigenvalue weighted by Gasteiger charge is -2.08. The van der Waals surface area contributed by atoms with Crippen LogP contribution >= 0.6 is 23.4 Å². The first kappa shape index (κ1) is 17.1. The summed E-state index contributed by atoms with van der Waals surface area (Å²) >= 11 is 7.96. The van der Waals surface area contributed by atoms with E-state index in [1.807, 2.05) is 17.8 Å². The highest BCUT2D eigenvalue weighted by Gasteiger charge is 2.04. The average molecular weight is 318 g/mol. The molecule has 0 unspecified atom stereocenters. The number of amidine groups is 1. The first-order valence-corrected chi connectivity index (χ1v) is 7.88. The van der Waals surface area contributed by atoms with Gasteiger partial charge in [-0.1, -0.05) is 28.9 Å². The zero-order valence-corrected chi connectivity index (χ0v) is 12.8. The molecule has 0 heterocycles. The quantitative estimate of drug-likeness (QED) is 0.183. The summed E-state index contributed by atoms with van der Waals surface area (Å²) in [5.74, 6) is 2.03. The van der Waals surface area contributed by atoms with Crippen molar-refractivity contribution in [2.24, 2.45) is 10.9 Å². The molecule has 0 saturated heterocycles. The maximum atomic E-state index is 8.65. The summed E-state index contributed by atoms with van der Waals surface area (Å²) in [4.78, 5) is 0. The molecule has 20 heavy (non-hydrogen) atoms. The van der Waals surface area contributed by atoms with Gasteiger partial charge in [0.1, 0.15) is 0 Å². The molecule has 0 aliphatic carbocycles. The highest BCUT2D eigenvalue weighted by Crippen LogP contribution is 2.17. The monoisotopic (exact) mass is 317 g/mol. The maximum Gasteiger partial charge on any atom is 0.170 e. The summed E-state index contributed by atoms with van der Waals surface area (Å²) in [6.45, 7) is 1.81. The minimum Gasteiger partial charge on any atom is -0.409 e. The molecule has 7 heteroatoms. The summed E-state index contributed by atoms with van der Waals surface area (Å²) in [6, 6.07) is 5.32. The van der Waals surface area contributed by atoms with E-state index in [9.17, 15) is 0 Å². The van der Waals surface area contributed by atoms with Gasteiger partial charge in [-0.15, -0.1) is 0 Å². The molecule has 0 amide bonds. The third-order valence-electron chi connectivity index (χ3n) is 2.64. The number of rotatable bonds is 9. The van der Waals surface area contributed by atoms with Crippen LogP contribution in [0.15, 0.2) is 23.4 Å². The van der Waals surface area contributed by atoms with E-state index in [1.54, 1.807) is 12.1 Å². The highest BCUT2D eigenvalue weighted by atomic mass is 35.5.